The first kappa shape index (κ1) is 7.92. The maximum Gasteiger partial charge on any atom is 0.140 e. The van der Waals surface area contributed by atoms with Gasteiger partial charge in [-0.1, -0.05) is 18.5 Å². The molecule has 0 aliphatic heterocycles. The molecule has 2 rings (SSSR count). The van der Waals surface area contributed by atoms with Gasteiger partial charge in [0.1, 0.15) is 10.8 Å². The lowest BCUT2D eigenvalue weighted by Crippen LogP contribution is -2.28. The fourth-order valence-electron chi connectivity index (χ4n) is 1.63. The van der Waals surface area contributed by atoms with Crippen LogP contribution in [0, 0.1) is 5.92 Å². The van der Waals surface area contributed by atoms with Crippen LogP contribution in [0.25, 0.3) is 0 Å². The van der Waals surface area contributed by atoms with Crippen molar-refractivity contribution in [1.82, 2.24) is 9.78 Å². The largest absolute Gasteiger partial charge is 0.383 e. The van der Waals surface area contributed by atoms with Gasteiger partial charge in [0.15, 0.2) is 0 Å². The Bertz CT molecular complexity index is 294. The number of aromatic nitrogens is 2. The number of nitrogen functional groups attached to an aromatic ring is 1. The Morgan fingerprint density at radius 1 is 1.67 bits per heavy atom. The Kier molecular flexibility index (Phi) is 1.76. The van der Waals surface area contributed by atoms with Crippen molar-refractivity contribution >= 4 is 17.4 Å². The monoisotopic (exact) mass is 185 g/mol. The molecular weight excluding hydrogens is 174 g/mol. The number of hydrogen-bond donors (Lipinski definition) is 1. The van der Waals surface area contributed by atoms with Crippen LogP contribution in [0.5, 0.6) is 0 Å². The van der Waals surface area contributed by atoms with Gasteiger partial charge in [0.25, 0.3) is 0 Å². The molecular formula is C8H12ClN3. The Morgan fingerprint density at radius 3 is 2.75 bits per heavy atom. The molecule has 1 saturated carbocycles. The molecule has 0 aromatic carbocycles. The molecule has 0 amide bonds. The molecule has 2 unspecified atom stereocenters. The smallest absolute Gasteiger partial charge is 0.140 e. The summed E-state index contributed by atoms with van der Waals surface area (Å²) in [5.41, 5.74) is 5.74. The van der Waals surface area contributed by atoms with Crippen molar-refractivity contribution in [3.8, 4) is 0 Å². The molecule has 1 aliphatic carbocycles. The molecule has 3 nitrogen and oxygen atoms in total. The van der Waals surface area contributed by atoms with Crippen molar-refractivity contribution in [2.24, 2.45) is 5.92 Å². The quantitative estimate of drug-likeness (QED) is 0.728. The van der Waals surface area contributed by atoms with Crippen molar-refractivity contribution < 1.29 is 0 Å². The minimum atomic E-state index is 0.470. The van der Waals surface area contributed by atoms with Gasteiger partial charge in [0.2, 0.25) is 0 Å². The van der Waals surface area contributed by atoms with Gasteiger partial charge in [-0.3, -0.25) is 0 Å². The highest BCUT2D eigenvalue weighted by Gasteiger charge is 2.30. The summed E-state index contributed by atoms with van der Waals surface area (Å²) in [6, 6.07) is 0.470. The second-order valence-corrected chi connectivity index (χ2v) is 3.85. The first-order valence-electron chi connectivity index (χ1n) is 4.18. The molecule has 1 heterocycles. The van der Waals surface area contributed by atoms with Crippen LogP contribution in [0.1, 0.15) is 25.8 Å². The van der Waals surface area contributed by atoms with Crippen molar-refractivity contribution in [2.75, 3.05) is 5.73 Å². The second kappa shape index (κ2) is 2.66. The number of hydrogen-bond acceptors (Lipinski definition) is 2. The second-order valence-electron chi connectivity index (χ2n) is 3.44. The van der Waals surface area contributed by atoms with E-state index in [1.165, 1.54) is 12.8 Å². The summed E-state index contributed by atoms with van der Waals surface area (Å²) in [4.78, 5) is 0. The van der Waals surface area contributed by atoms with Crippen molar-refractivity contribution in [2.45, 2.75) is 25.8 Å². The van der Waals surface area contributed by atoms with Crippen molar-refractivity contribution in [3.05, 3.63) is 11.2 Å². The number of nitrogens with two attached hydrogens (primary N) is 1. The molecule has 1 aromatic rings. The maximum absolute atomic E-state index is 5.79. The summed E-state index contributed by atoms with van der Waals surface area (Å²) >= 11 is 5.79. The predicted octanol–water partition coefficient (Wildman–Crippen LogP) is 2.09. The Morgan fingerprint density at radius 2 is 2.42 bits per heavy atom. The van der Waals surface area contributed by atoms with E-state index in [4.69, 9.17) is 17.3 Å². The van der Waals surface area contributed by atoms with Gasteiger partial charge in [-0.2, -0.15) is 5.10 Å². The topological polar surface area (TPSA) is 43.8 Å². The van der Waals surface area contributed by atoms with Crippen molar-refractivity contribution in [1.29, 1.82) is 0 Å². The van der Waals surface area contributed by atoms with E-state index in [-0.39, 0.29) is 0 Å². The van der Waals surface area contributed by atoms with Gasteiger partial charge in [-0.15, -0.1) is 0 Å². The third-order valence-electron chi connectivity index (χ3n) is 2.68. The first-order chi connectivity index (χ1) is 5.70. The van der Waals surface area contributed by atoms with Crippen LogP contribution in [-0.2, 0) is 0 Å². The van der Waals surface area contributed by atoms with Gasteiger partial charge >= 0.3 is 0 Å². The van der Waals surface area contributed by atoms with E-state index in [0.717, 1.165) is 0 Å². The molecule has 1 aliphatic rings. The standard InChI is InChI=1S/C8H12ClN3/c1-5-2-3-7(5)12-8(10)6(9)4-11-12/h4-5,7H,2-3,10H2,1H3. The van der Waals surface area contributed by atoms with Crippen LogP contribution in [0.4, 0.5) is 5.82 Å². The summed E-state index contributed by atoms with van der Waals surface area (Å²) in [5.74, 6) is 1.29. The Labute approximate surface area is 76.5 Å². The molecule has 0 bridgehead atoms. The summed E-state index contributed by atoms with van der Waals surface area (Å²) in [6.45, 7) is 2.21. The van der Waals surface area contributed by atoms with E-state index >= 15 is 0 Å². The Balaban J connectivity index is 2.28. The third kappa shape index (κ3) is 1.00. The van der Waals surface area contributed by atoms with E-state index in [1.807, 2.05) is 4.68 Å². The van der Waals surface area contributed by atoms with E-state index < -0.39 is 0 Å². The predicted molar refractivity (Wildman–Crippen MR) is 49.1 cm³/mol. The summed E-state index contributed by atoms with van der Waals surface area (Å²) < 4.78 is 1.84. The molecule has 66 valence electrons. The van der Waals surface area contributed by atoms with E-state index in [0.29, 0.717) is 22.8 Å². The summed E-state index contributed by atoms with van der Waals surface area (Å²) in [5, 5.41) is 4.71. The normalized spacial score (nSPS) is 28.5. The van der Waals surface area contributed by atoms with Gasteiger partial charge in [-0.25, -0.2) is 4.68 Å². The zero-order valence-electron chi connectivity index (χ0n) is 7.00. The fourth-order valence-corrected chi connectivity index (χ4v) is 1.76. The molecule has 12 heavy (non-hydrogen) atoms. The number of rotatable bonds is 1. The van der Waals surface area contributed by atoms with Crippen LogP contribution in [0.15, 0.2) is 6.20 Å². The molecule has 2 atom stereocenters. The minimum absolute atomic E-state index is 0.470. The number of anilines is 1. The molecule has 1 aromatic heterocycles. The zero-order chi connectivity index (χ0) is 8.72. The molecule has 0 saturated heterocycles. The molecule has 2 N–H and O–H groups in total. The van der Waals surface area contributed by atoms with E-state index in [2.05, 4.69) is 12.0 Å². The lowest BCUT2D eigenvalue weighted by atomic mass is 9.81. The molecule has 1 fully saturated rings. The number of nitrogens with zero attached hydrogens (tertiary/aromatic N) is 2. The van der Waals surface area contributed by atoms with Crippen LogP contribution in [0.2, 0.25) is 5.02 Å². The summed E-state index contributed by atoms with van der Waals surface area (Å²) in [7, 11) is 0. The Hall–Kier alpha value is -0.700. The highest BCUT2D eigenvalue weighted by Crippen LogP contribution is 2.39. The average Bonchev–Trinajstić information content (AvgIpc) is 2.34. The SMILES string of the molecule is CC1CCC1n1ncc(Cl)c1N. The maximum atomic E-state index is 5.79. The van der Waals surface area contributed by atoms with Gasteiger partial charge in [0.05, 0.1) is 12.2 Å². The summed E-state index contributed by atoms with van der Waals surface area (Å²) in [6.07, 6.45) is 4.05. The lowest BCUT2D eigenvalue weighted by molar-refractivity contribution is 0.188. The molecule has 4 heteroatoms. The van der Waals surface area contributed by atoms with Crippen LogP contribution in [-0.4, -0.2) is 9.78 Å². The number of halogens is 1. The highest BCUT2D eigenvalue weighted by atomic mass is 35.5. The van der Waals surface area contributed by atoms with Gasteiger partial charge in [-0.05, 0) is 18.8 Å². The third-order valence-corrected chi connectivity index (χ3v) is 2.97. The lowest BCUT2D eigenvalue weighted by Gasteiger charge is -2.34. The van der Waals surface area contributed by atoms with Crippen LogP contribution < -0.4 is 5.73 Å². The first-order valence-corrected chi connectivity index (χ1v) is 4.56. The fraction of sp³-hybridized carbons (Fsp3) is 0.625. The zero-order valence-corrected chi connectivity index (χ0v) is 7.75. The van der Waals surface area contributed by atoms with E-state index in [1.54, 1.807) is 6.20 Å². The van der Waals surface area contributed by atoms with Gasteiger partial charge in [0, 0.05) is 0 Å². The minimum Gasteiger partial charge on any atom is -0.383 e. The van der Waals surface area contributed by atoms with Crippen LogP contribution >= 0.6 is 11.6 Å². The average molecular weight is 186 g/mol. The van der Waals surface area contributed by atoms with Crippen LogP contribution in [0.3, 0.4) is 0 Å². The molecule has 0 spiro atoms. The van der Waals surface area contributed by atoms with E-state index in [9.17, 15) is 0 Å². The highest BCUT2D eigenvalue weighted by molar-refractivity contribution is 6.32. The van der Waals surface area contributed by atoms with Gasteiger partial charge < -0.3 is 5.73 Å². The van der Waals surface area contributed by atoms with Crippen molar-refractivity contribution in [3.63, 3.8) is 0 Å². The molecule has 0 radical (unpaired) electrons.